The monoisotopic (exact) mass is 343 g/mol. The molecule has 1 aromatic rings. The van der Waals surface area contributed by atoms with Crippen LogP contribution in [0.3, 0.4) is 0 Å². The predicted octanol–water partition coefficient (Wildman–Crippen LogP) is 5.58. The van der Waals surface area contributed by atoms with Crippen LogP contribution in [-0.4, -0.2) is 6.54 Å². The van der Waals surface area contributed by atoms with E-state index in [4.69, 9.17) is 11.6 Å². The molecule has 0 amide bonds. The fourth-order valence-electron chi connectivity index (χ4n) is 3.29. The SMILES string of the molecule is CCNC(c1cccc(Br)c1Cl)C1CCCC(C)C1. The van der Waals surface area contributed by atoms with E-state index < -0.39 is 0 Å². The highest BCUT2D eigenvalue weighted by Crippen LogP contribution is 2.40. The number of rotatable bonds is 4. The molecule has 0 radical (unpaired) electrons. The van der Waals surface area contributed by atoms with Crippen LogP contribution in [0.4, 0.5) is 0 Å². The van der Waals surface area contributed by atoms with E-state index >= 15 is 0 Å². The van der Waals surface area contributed by atoms with Crippen LogP contribution in [0.2, 0.25) is 5.02 Å². The summed E-state index contributed by atoms with van der Waals surface area (Å²) in [5, 5.41) is 4.52. The largest absolute Gasteiger partial charge is 0.310 e. The third-order valence-corrected chi connectivity index (χ3v) is 5.50. The fraction of sp³-hybridized carbons (Fsp3) is 0.625. The molecule has 1 aliphatic rings. The molecule has 1 aliphatic carbocycles. The van der Waals surface area contributed by atoms with Gasteiger partial charge in [0.05, 0.1) is 5.02 Å². The molecule has 3 heteroatoms. The molecule has 1 saturated carbocycles. The van der Waals surface area contributed by atoms with E-state index in [1.165, 1.54) is 31.2 Å². The molecule has 106 valence electrons. The van der Waals surface area contributed by atoms with E-state index in [1.807, 2.05) is 6.07 Å². The average Bonchev–Trinajstić information content (AvgIpc) is 2.40. The van der Waals surface area contributed by atoms with Gasteiger partial charge in [0, 0.05) is 10.5 Å². The van der Waals surface area contributed by atoms with Crippen molar-refractivity contribution in [2.24, 2.45) is 11.8 Å². The summed E-state index contributed by atoms with van der Waals surface area (Å²) in [7, 11) is 0. The fourth-order valence-corrected chi connectivity index (χ4v) is 3.92. The normalized spacial score (nSPS) is 25.3. The van der Waals surface area contributed by atoms with Gasteiger partial charge < -0.3 is 5.32 Å². The molecule has 3 unspecified atom stereocenters. The Morgan fingerprint density at radius 1 is 1.42 bits per heavy atom. The zero-order chi connectivity index (χ0) is 13.8. The Morgan fingerprint density at radius 2 is 2.21 bits per heavy atom. The lowest BCUT2D eigenvalue weighted by Crippen LogP contribution is -2.31. The van der Waals surface area contributed by atoms with Crippen LogP contribution in [0.1, 0.15) is 51.1 Å². The van der Waals surface area contributed by atoms with Gasteiger partial charge in [0.1, 0.15) is 0 Å². The molecule has 0 heterocycles. The van der Waals surface area contributed by atoms with Crippen molar-refractivity contribution in [3.05, 3.63) is 33.3 Å². The van der Waals surface area contributed by atoms with Gasteiger partial charge in [-0.2, -0.15) is 0 Å². The van der Waals surface area contributed by atoms with Gasteiger partial charge in [-0.3, -0.25) is 0 Å². The van der Waals surface area contributed by atoms with Crippen LogP contribution in [-0.2, 0) is 0 Å². The summed E-state index contributed by atoms with van der Waals surface area (Å²) in [6.07, 6.45) is 5.34. The molecule has 0 saturated heterocycles. The Hall–Kier alpha value is -0.0500. The number of nitrogens with one attached hydrogen (secondary N) is 1. The summed E-state index contributed by atoms with van der Waals surface area (Å²) < 4.78 is 0.999. The van der Waals surface area contributed by atoms with Crippen molar-refractivity contribution in [1.82, 2.24) is 5.32 Å². The first-order valence-corrected chi connectivity index (χ1v) is 8.47. The number of hydrogen-bond donors (Lipinski definition) is 1. The van der Waals surface area contributed by atoms with Gasteiger partial charge in [-0.05, 0) is 58.8 Å². The first kappa shape index (κ1) is 15.3. The van der Waals surface area contributed by atoms with Crippen LogP contribution in [0.5, 0.6) is 0 Å². The number of benzene rings is 1. The molecule has 0 bridgehead atoms. The Balaban J connectivity index is 2.26. The lowest BCUT2D eigenvalue weighted by atomic mass is 9.76. The predicted molar refractivity (Wildman–Crippen MR) is 86.7 cm³/mol. The maximum Gasteiger partial charge on any atom is 0.0595 e. The molecule has 2 rings (SSSR count). The van der Waals surface area contributed by atoms with Crippen LogP contribution in [0.15, 0.2) is 22.7 Å². The summed E-state index contributed by atoms with van der Waals surface area (Å²) in [5.74, 6) is 1.54. The molecule has 1 fully saturated rings. The van der Waals surface area contributed by atoms with Crippen molar-refractivity contribution in [3.8, 4) is 0 Å². The Bertz CT molecular complexity index is 421. The summed E-state index contributed by atoms with van der Waals surface area (Å²) in [4.78, 5) is 0. The van der Waals surface area contributed by atoms with Crippen molar-refractivity contribution >= 4 is 27.5 Å². The zero-order valence-electron chi connectivity index (χ0n) is 11.8. The van der Waals surface area contributed by atoms with Crippen LogP contribution >= 0.6 is 27.5 Å². The van der Waals surface area contributed by atoms with E-state index in [2.05, 4.69) is 47.2 Å². The smallest absolute Gasteiger partial charge is 0.0595 e. The maximum absolute atomic E-state index is 6.49. The highest BCUT2D eigenvalue weighted by Gasteiger charge is 2.28. The summed E-state index contributed by atoms with van der Waals surface area (Å²) >= 11 is 10.0. The second-order valence-corrected chi connectivity index (χ2v) is 6.94. The first-order valence-electron chi connectivity index (χ1n) is 7.30. The molecular weight excluding hydrogens is 322 g/mol. The first-order chi connectivity index (χ1) is 9.13. The van der Waals surface area contributed by atoms with Gasteiger partial charge in [-0.25, -0.2) is 0 Å². The summed E-state index contributed by atoms with van der Waals surface area (Å²) in [6, 6.07) is 6.65. The molecule has 19 heavy (non-hydrogen) atoms. The Kier molecular flexibility index (Phi) is 5.73. The van der Waals surface area contributed by atoms with Gasteiger partial charge >= 0.3 is 0 Å². The second kappa shape index (κ2) is 7.10. The van der Waals surface area contributed by atoms with Crippen molar-refractivity contribution < 1.29 is 0 Å². The molecule has 3 atom stereocenters. The topological polar surface area (TPSA) is 12.0 Å². The standard InChI is InChI=1S/C16H23BrClN/c1-3-19-16(12-7-4-6-11(2)10-12)13-8-5-9-14(17)15(13)18/h5,8-9,11-12,16,19H,3-4,6-7,10H2,1-2H3. The van der Waals surface area contributed by atoms with Crippen LogP contribution in [0, 0.1) is 11.8 Å². The summed E-state index contributed by atoms with van der Waals surface area (Å²) in [6.45, 7) is 5.53. The highest BCUT2D eigenvalue weighted by molar-refractivity contribution is 9.10. The summed E-state index contributed by atoms with van der Waals surface area (Å²) in [5.41, 5.74) is 1.25. The second-order valence-electron chi connectivity index (χ2n) is 5.71. The van der Waals surface area contributed by atoms with E-state index in [9.17, 15) is 0 Å². The number of halogens is 2. The molecule has 0 aromatic heterocycles. The Labute approximate surface area is 130 Å². The number of hydrogen-bond acceptors (Lipinski definition) is 1. The zero-order valence-corrected chi connectivity index (χ0v) is 14.1. The maximum atomic E-state index is 6.49. The lowest BCUT2D eigenvalue weighted by molar-refractivity contribution is 0.225. The van der Waals surface area contributed by atoms with E-state index in [0.717, 1.165) is 22.0 Å². The van der Waals surface area contributed by atoms with Crippen LogP contribution in [0.25, 0.3) is 0 Å². The van der Waals surface area contributed by atoms with Crippen molar-refractivity contribution in [2.75, 3.05) is 6.54 Å². The van der Waals surface area contributed by atoms with E-state index in [1.54, 1.807) is 0 Å². The molecule has 1 nitrogen and oxygen atoms in total. The van der Waals surface area contributed by atoms with Crippen molar-refractivity contribution in [2.45, 2.75) is 45.6 Å². The van der Waals surface area contributed by atoms with E-state index in [-0.39, 0.29) is 0 Å². The highest BCUT2D eigenvalue weighted by atomic mass is 79.9. The quantitative estimate of drug-likeness (QED) is 0.752. The molecule has 0 aliphatic heterocycles. The molecule has 0 spiro atoms. The van der Waals surface area contributed by atoms with Gasteiger partial charge in [-0.1, -0.05) is 50.4 Å². The third-order valence-electron chi connectivity index (χ3n) is 4.19. The van der Waals surface area contributed by atoms with Crippen molar-refractivity contribution in [3.63, 3.8) is 0 Å². The van der Waals surface area contributed by atoms with Crippen LogP contribution < -0.4 is 5.32 Å². The lowest BCUT2D eigenvalue weighted by Gasteiger charge is -2.34. The molecule has 1 N–H and O–H groups in total. The van der Waals surface area contributed by atoms with Gasteiger partial charge in [0.2, 0.25) is 0 Å². The van der Waals surface area contributed by atoms with Crippen molar-refractivity contribution in [1.29, 1.82) is 0 Å². The molecule has 1 aromatic carbocycles. The Morgan fingerprint density at radius 3 is 2.89 bits per heavy atom. The van der Waals surface area contributed by atoms with Gasteiger partial charge in [-0.15, -0.1) is 0 Å². The minimum atomic E-state index is 0.387. The molecular formula is C16H23BrClN. The minimum absolute atomic E-state index is 0.387. The minimum Gasteiger partial charge on any atom is -0.310 e. The third kappa shape index (κ3) is 3.74. The van der Waals surface area contributed by atoms with Gasteiger partial charge in [0.25, 0.3) is 0 Å². The van der Waals surface area contributed by atoms with Gasteiger partial charge in [0.15, 0.2) is 0 Å². The average molecular weight is 345 g/mol. The van der Waals surface area contributed by atoms with E-state index in [0.29, 0.717) is 12.0 Å².